The summed E-state index contributed by atoms with van der Waals surface area (Å²) < 4.78 is 5.02. The standard InChI is InChI=1S/C11H21N5O/c1-9-8-16(6-5-12-9)11-13-10(14-15-11)4-3-7-17-2/h9,12H,3-8H2,1-2H3,(H,13,14,15)/t9-/m0/s1. The first-order valence-corrected chi connectivity index (χ1v) is 6.18. The molecule has 2 rings (SSSR count). The van der Waals surface area contributed by atoms with E-state index in [1.54, 1.807) is 7.11 Å². The Kier molecular flexibility index (Phi) is 4.33. The summed E-state index contributed by atoms with van der Waals surface area (Å²) in [6.45, 7) is 5.88. The third-order valence-electron chi connectivity index (χ3n) is 2.93. The lowest BCUT2D eigenvalue weighted by molar-refractivity contribution is 0.194. The second-order valence-corrected chi connectivity index (χ2v) is 4.48. The van der Waals surface area contributed by atoms with E-state index in [4.69, 9.17) is 4.74 Å². The minimum absolute atomic E-state index is 0.499. The minimum Gasteiger partial charge on any atom is -0.385 e. The number of H-pyrrole nitrogens is 1. The summed E-state index contributed by atoms with van der Waals surface area (Å²) in [5.74, 6) is 1.77. The topological polar surface area (TPSA) is 66.1 Å². The van der Waals surface area contributed by atoms with Crippen molar-refractivity contribution in [3.05, 3.63) is 5.82 Å². The van der Waals surface area contributed by atoms with E-state index in [0.717, 1.165) is 50.9 Å². The van der Waals surface area contributed by atoms with Gasteiger partial charge in [0.1, 0.15) is 5.82 Å². The Balaban J connectivity index is 1.88. The summed E-state index contributed by atoms with van der Waals surface area (Å²) in [6.07, 6.45) is 1.87. The van der Waals surface area contributed by atoms with Crippen LogP contribution in [0.5, 0.6) is 0 Å². The number of methoxy groups -OCH3 is 1. The van der Waals surface area contributed by atoms with Crippen molar-refractivity contribution in [1.82, 2.24) is 20.5 Å². The molecule has 0 aromatic carbocycles. The molecule has 0 unspecified atom stereocenters. The van der Waals surface area contributed by atoms with Crippen molar-refractivity contribution in [3.63, 3.8) is 0 Å². The number of hydrogen-bond acceptors (Lipinski definition) is 5. The molecule has 0 radical (unpaired) electrons. The zero-order valence-electron chi connectivity index (χ0n) is 10.6. The van der Waals surface area contributed by atoms with Crippen LogP contribution in [-0.4, -0.2) is 54.6 Å². The van der Waals surface area contributed by atoms with E-state index in [2.05, 4.69) is 32.3 Å². The molecule has 0 bridgehead atoms. The summed E-state index contributed by atoms with van der Waals surface area (Å²) in [5, 5.41) is 10.7. The highest BCUT2D eigenvalue weighted by molar-refractivity contribution is 5.30. The second-order valence-electron chi connectivity index (χ2n) is 4.48. The fourth-order valence-electron chi connectivity index (χ4n) is 2.04. The van der Waals surface area contributed by atoms with Gasteiger partial charge in [-0.1, -0.05) is 0 Å². The van der Waals surface area contributed by atoms with Crippen molar-refractivity contribution in [2.24, 2.45) is 0 Å². The van der Waals surface area contributed by atoms with Gasteiger partial charge < -0.3 is 15.0 Å². The van der Waals surface area contributed by atoms with Gasteiger partial charge in [-0.25, -0.2) is 0 Å². The molecule has 2 heterocycles. The molecule has 1 aromatic rings. The van der Waals surface area contributed by atoms with Gasteiger partial charge in [0.25, 0.3) is 0 Å². The van der Waals surface area contributed by atoms with Gasteiger partial charge in [-0.05, 0) is 13.3 Å². The van der Waals surface area contributed by atoms with Crippen LogP contribution in [-0.2, 0) is 11.2 Å². The molecular formula is C11H21N5O. The first-order valence-electron chi connectivity index (χ1n) is 6.18. The predicted molar refractivity (Wildman–Crippen MR) is 66.3 cm³/mol. The van der Waals surface area contributed by atoms with Gasteiger partial charge in [0.2, 0.25) is 5.95 Å². The number of rotatable bonds is 5. The van der Waals surface area contributed by atoms with Crippen molar-refractivity contribution in [2.75, 3.05) is 38.3 Å². The molecular weight excluding hydrogens is 218 g/mol. The SMILES string of the molecule is COCCCc1nc(N2CCN[C@@H](C)C2)n[nH]1. The smallest absolute Gasteiger partial charge is 0.244 e. The largest absolute Gasteiger partial charge is 0.385 e. The lowest BCUT2D eigenvalue weighted by Gasteiger charge is -2.30. The van der Waals surface area contributed by atoms with Crippen LogP contribution in [0.15, 0.2) is 0 Å². The van der Waals surface area contributed by atoms with Gasteiger partial charge in [0, 0.05) is 45.8 Å². The zero-order chi connectivity index (χ0) is 12.1. The van der Waals surface area contributed by atoms with Crippen molar-refractivity contribution >= 4 is 5.95 Å². The molecule has 6 heteroatoms. The molecule has 1 aromatic heterocycles. The Hall–Kier alpha value is -1.14. The summed E-state index contributed by atoms with van der Waals surface area (Å²) >= 11 is 0. The monoisotopic (exact) mass is 239 g/mol. The molecule has 0 saturated carbocycles. The van der Waals surface area contributed by atoms with Crippen LogP contribution >= 0.6 is 0 Å². The van der Waals surface area contributed by atoms with E-state index in [1.165, 1.54) is 0 Å². The minimum atomic E-state index is 0.499. The van der Waals surface area contributed by atoms with Crippen molar-refractivity contribution < 1.29 is 4.74 Å². The van der Waals surface area contributed by atoms with E-state index < -0.39 is 0 Å². The number of hydrogen-bond donors (Lipinski definition) is 2. The third kappa shape index (κ3) is 3.41. The van der Waals surface area contributed by atoms with Crippen LogP contribution in [0, 0.1) is 0 Å². The third-order valence-corrected chi connectivity index (χ3v) is 2.93. The van der Waals surface area contributed by atoms with Gasteiger partial charge in [0.15, 0.2) is 0 Å². The van der Waals surface area contributed by atoms with E-state index in [9.17, 15) is 0 Å². The highest BCUT2D eigenvalue weighted by atomic mass is 16.5. The van der Waals surface area contributed by atoms with E-state index >= 15 is 0 Å². The molecule has 17 heavy (non-hydrogen) atoms. The summed E-state index contributed by atoms with van der Waals surface area (Å²) in [6, 6.07) is 0.499. The molecule has 1 saturated heterocycles. The van der Waals surface area contributed by atoms with Crippen molar-refractivity contribution in [2.45, 2.75) is 25.8 Å². The van der Waals surface area contributed by atoms with E-state index in [1.807, 2.05) is 0 Å². The van der Waals surface area contributed by atoms with Crippen LogP contribution in [0.1, 0.15) is 19.2 Å². The number of aromatic nitrogens is 3. The Bertz CT molecular complexity index is 340. The summed E-state index contributed by atoms with van der Waals surface area (Å²) in [5.41, 5.74) is 0. The number of aromatic amines is 1. The maximum absolute atomic E-state index is 5.02. The highest BCUT2D eigenvalue weighted by Crippen LogP contribution is 2.10. The van der Waals surface area contributed by atoms with Crippen LogP contribution in [0.4, 0.5) is 5.95 Å². The predicted octanol–water partition coefficient (Wildman–Crippen LogP) is 0.182. The summed E-state index contributed by atoms with van der Waals surface area (Å²) in [4.78, 5) is 6.74. The Morgan fingerprint density at radius 2 is 2.41 bits per heavy atom. The maximum Gasteiger partial charge on any atom is 0.244 e. The molecule has 0 spiro atoms. The molecule has 2 N–H and O–H groups in total. The normalized spacial score (nSPS) is 20.8. The molecule has 0 amide bonds. The Morgan fingerprint density at radius 3 is 3.18 bits per heavy atom. The first kappa shape index (κ1) is 12.3. The number of nitrogens with zero attached hydrogens (tertiary/aromatic N) is 3. The molecule has 1 aliphatic heterocycles. The van der Waals surface area contributed by atoms with Crippen LogP contribution in [0.25, 0.3) is 0 Å². The maximum atomic E-state index is 5.02. The van der Waals surface area contributed by atoms with Gasteiger partial charge >= 0.3 is 0 Å². The second kappa shape index (κ2) is 5.97. The van der Waals surface area contributed by atoms with E-state index in [0.29, 0.717) is 6.04 Å². The molecule has 0 aliphatic carbocycles. The molecule has 1 fully saturated rings. The Morgan fingerprint density at radius 1 is 1.53 bits per heavy atom. The number of nitrogens with one attached hydrogen (secondary N) is 2. The van der Waals surface area contributed by atoms with Crippen LogP contribution in [0.3, 0.4) is 0 Å². The van der Waals surface area contributed by atoms with Crippen molar-refractivity contribution in [3.8, 4) is 0 Å². The highest BCUT2D eigenvalue weighted by Gasteiger charge is 2.18. The van der Waals surface area contributed by atoms with E-state index in [-0.39, 0.29) is 0 Å². The van der Waals surface area contributed by atoms with Gasteiger partial charge in [-0.3, -0.25) is 5.10 Å². The number of piperazine rings is 1. The lowest BCUT2D eigenvalue weighted by Crippen LogP contribution is -2.49. The molecule has 1 aliphatic rings. The quantitative estimate of drug-likeness (QED) is 0.718. The molecule has 6 nitrogen and oxygen atoms in total. The average Bonchev–Trinajstić information content (AvgIpc) is 2.78. The fourth-order valence-corrected chi connectivity index (χ4v) is 2.04. The average molecular weight is 239 g/mol. The number of anilines is 1. The van der Waals surface area contributed by atoms with Crippen molar-refractivity contribution in [1.29, 1.82) is 0 Å². The van der Waals surface area contributed by atoms with Gasteiger partial charge in [-0.2, -0.15) is 4.98 Å². The fraction of sp³-hybridized carbons (Fsp3) is 0.818. The summed E-state index contributed by atoms with van der Waals surface area (Å²) in [7, 11) is 1.72. The van der Waals surface area contributed by atoms with Crippen LogP contribution < -0.4 is 10.2 Å². The van der Waals surface area contributed by atoms with Crippen LogP contribution in [0.2, 0.25) is 0 Å². The number of aryl methyl sites for hydroxylation is 1. The Labute approximate surface area is 102 Å². The zero-order valence-corrected chi connectivity index (χ0v) is 10.6. The lowest BCUT2D eigenvalue weighted by atomic mass is 10.2. The molecule has 1 atom stereocenters. The van der Waals surface area contributed by atoms with Gasteiger partial charge in [-0.15, -0.1) is 5.10 Å². The van der Waals surface area contributed by atoms with Gasteiger partial charge in [0.05, 0.1) is 0 Å². The number of ether oxygens (including phenoxy) is 1. The first-order chi connectivity index (χ1) is 8.29. The molecule has 96 valence electrons.